The third kappa shape index (κ3) is 4.18. The van der Waals surface area contributed by atoms with E-state index in [1.165, 1.54) is 4.90 Å². The van der Waals surface area contributed by atoms with E-state index < -0.39 is 24.1 Å². The van der Waals surface area contributed by atoms with Crippen molar-refractivity contribution in [2.24, 2.45) is 0 Å². The summed E-state index contributed by atoms with van der Waals surface area (Å²) in [6, 6.07) is 20.6. The number of fused-ring (bicyclic) bond motifs is 4. The van der Waals surface area contributed by atoms with Crippen molar-refractivity contribution in [3.8, 4) is 0 Å². The first kappa shape index (κ1) is 23.8. The first-order valence-electron chi connectivity index (χ1n) is 12.7. The van der Waals surface area contributed by atoms with Crippen LogP contribution in [-0.2, 0) is 16.1 Å². The van der Waals surface area contributed by atoms with Gasteiger partial charge in [0.1, 0.15) is 6.61 Å². The summed E-state index contributed by atoms with van der Waals surface area (Å²) >= 11 is 0. The van der Waals surface area contributed by atoms with Crippen LogP contribution in [0.1, 0.15) is 39.9 Å². The lowest BCUT2D eigenvalue weighted by Gasteiger charge is -2.44. The summed E-state index contributed by atoms with van der Waals surface area (Å²) in [4.78, 5) is 42.4. The van der Waals surface area contributed by atoms with Gasteiger partial charge < -0.3 is 20.1 Å². The molecule has 2 fully saturated rings. The number of amides is 2. The van der Waals surface area contributed by atoms with Crippen molar-refractivity contribution in [3.63, 3.8) is 0 Å². The number of anilines is 2. The summed E-state index contributed by atoms with van der Waals surface area (Å²) in [7, 11) is 0. The zero-order chi connectivity index (χ0) is 26.2. The van der Waals surface area contributed by atoms with Gasteiger partial charge in [0.05, 0.1) is 12.1 Å². The number of hydrogen-bond acceptors (Lipinski definition) is 5. The van der Waals surface area contributed by atoms with Gasteiger partial charge in [-0.05, 0) is 42.2 Å². The largest absolute Gasteiger partial charge is 0.480 e. The standard InChI is InChI=1S/C30H27N3O5/c34-28(23-10-6-12-25-22(23)15-13-20-9-4-5-11-24(20)31-25)33-21-14-16-26(33)27(29(35)36)32(17-21)30(37)38-18-19-7-2-1-3-8-19/h1-13,15,21,26-27,31H,14,16-18H2,(H,35,36)/t21-,26+,27-/m0/s1. The van der Waals surface area contributed by atoms with Crippen LogP contribution in [0.3, 0.4) is 0 Å². The predicted molar refractivity (Wildman–Crippen MR) is 143 cm³/mol. The van der Waals surface area contributed by atoms with Gasteiger partial charge in [0.15, 0.2) is 6.04 Å². The fourth-order valence-electron chi connectivity index (χ4n) is 5.81. The van der Waals surface area contributed by atoms with Gasteiger partial charge >= 0.3 is 12.1 Å². The average molecular weight is 510 g/mol. The minimum absolute atomic E-state index is 0.0539. The van der Waals surface area contributed by atoms with Crippen LogP contribution in [0.5, 0.6) is 0 Å². The lowest BCUT2D eigenvalue weighted by atomic mass is 9.99. The van der Waals surface area contributed by atoms with Crippen LogP contribution in [-0.4, -0.2) is 57.5 Å². The highest BCUT2D eigenvalue weighted by molar-refractivity contribution is 6.03. The number of likely N-dealkylation sites (tertiary alicyclic amines) is 1. The molecule has 0 aliphatic carbocycles. The van der Waals surface area contributed by atoms with Crippen molar-refractivity contribution in [1.82, 2.24) is 9.80 Å². The van der Waals surface area contributed by atoms with Crippen molar-refractivity contribution in [1.29, 1.82) is 0 Å². The van der Waals surface area contributed by atoms with Gasteiger partial charge in [-0.2, -0.15) is 0 Å². The molecular formula is C30H27N3O5. The van der Waals surface area contributed by atoms with Gasteiger partial charge in [0, 0.05) is 29.0 Å². The van der Waals surface area contributed by atoms with Crippen LogP contribution in [0.2, 0.25) is 0 Å². The highest BCUT2D eigenvalue weighted by atomic mass is 16.6. The van der Waals surface area contributed by atoms with E-state index in [1.807, 2.05) is 78.9 Å². The number of hydrogen-bond donors (Lipinski definition) is 2. The molecule has 3 atom stereocenters. The molecule has 0 radical (unpaired) electrons. The van der Waals surface area contributed by atoms with E-state index in [0.29, 0.717) is 18.4 Å². The second-order valence-electron chi connectivity index (χ2n) is 9.80. The number of nitrogens with one attached hydrogen (secondary N) is 1. The van der Waals surface area contributed by atoms with Crippen LogP contribution in [0, 0.1) is 0 Å². The van der Waals surface area contributed by atoms with Crippen LogP contribution in [0.15, 0.2) is 72.8 Å². The van der Waals surface area contributed by atoms with Crippen LogP contribution in [0.4, 0.5) is 16.2 Å². The minimum atomic E-state index is -1.18. The SMILES string of the molecule is O=C(O)[C@@H]1[C@H]2CC[C@@H](CN1C(=O)OCc1ccccc1)N2C(=O)c1cccc2c1C=Cc1ccccc1N2. The number of carbonyl (C=O) groups excluding carboxylic acids is 2. The van der Waals surface area contributed by atoms with Crippen molar-refractivity contribution < 1.29 is 24.2 Å². The van der Waals surface area contributed by atoms with Gasteiger partial charge in [-0.15, -0.1) is 0 Å². The molecule has 3 aliphatic rings. The lowest BCUT2D eigenvalue weighted by molar-refractivity contribution is -0.146. The molecule has 0 saturated carbocycles. The molecule has 3 aliphatic heterocycles. The molecule has 3 aromatic carbocycles. The van der Waals surface area contributed by atoms with E-state index in [2.05, 4.69) is 5.32 Å². The topological polar surface area (TPSA) is 99.2 Å². The number of benzene rings is 3. The number of carbonyl (C=O) groups is 3. The smallest absolute Gasteiger partial charge is 0.410 e. The Balaban J connectivity index is 1.26. The molecule has 2 N–H and O–H groups in total. The van der Waals surface area contributed by atoms with Gasteiger partial charge in [0.25, 0.3) is 5.91 Å². The Labute approximate surface area is 220 Å². The summed E-state index contributed by atoms with van der Waals surface area (Å²) in [5.74, 6) is -1.37. The Bertz CT molecular complexity index is 1440. The molecule has 0 spiro atoms. The quantitative estimate of drug-likeness (QED) is 0.402. The number of ether oxygens (including phenoxy) is 1. The Morgan fingerprint density at radius 3 is 2.47 bits per heavy atom. The molecule has 38 heavy (non-hydrogen) atoms. The van der Waals surface area contributed by atoms with Gasteiger partial charge in [-0.25, -0.2) is 9.59 Å². The van der Waals surface area contributed by atoms with E-state index in [4.69, 9.17) is 4.74 Å². The van der Waals surface area contributed by atoms with E-state index in [9.17, 15) is 19.5 Å². The van der Waals surface area contributed by atoms with Gasteiger partial charge in [-0.1, -0.05) is 66.7 Å². The van der Waals surface area contributed by atoms with Gasteiger partial charge in [-0.3, -0.25) is 9.69 Å². The number of aliphatic carboxylic acids is 1. The number of rotatable bonds is 4. The third-order valence-corrected chi connectivity index (χ3v) is 7.58. The lowest BCUT2D eigenvalue weighted by Crippen LogP contribution is -2.65. The maximum absolute atomic E-state index is 14.0. The highest BCUT2D eigenvalue weighted by Gasteiger charge is 2.53. The Kier molecular flexibility index (Phi) is 6.07. The molecule has 3 aromatic rings. The van der Waals surface area contributed by atoms with E-state index in [0.717, 1.165) is 28.1 Å². The molecule has 6 rings (SSSR count). The molecular weight excluding hydrogens is 482 g/mol. The summed E-state index contributed by atoms with van der Waals surface area (Å²) in [6.45, 7) is 0.166. The van der Waals surface area contributed by atoms with Crippen molar-refractivity contribution in [3.05, 3.63) is 95.1 Å². The number of carboxylic acids is 1. The first-order valence-corrected chi connectivity index (χ1v) is 12.7. The molecule has 8 heteroatoms. The van der Waals surface area contributed by atoms with Crippen molar-refractivity contribution >= 4 is 41.5 Å². The number of carboxylic acid groups (broad SMARTS) is 1. The van der Waals surface area contributed by atoms with E-state index in [1.54, 1.807) is 11.0 Å². The maximum Gasteiger partial charge on any atom is 0.410 e. The summed E-state index contributed by atoms with van der Waals surface area (Å²) in [5.41, 5.74) is 4.83. The Hall–Kier alpha value is -4.59. The summed E-state index contributed by atoms with van der Waals surface area (Å²) in [6.07, 6.45) is 4.35. The summed E-state index contributed by atoms with van der Waals surface area (Å²) in [5, 5.41) is 13.6. The first-order chi connectivity index (χ1) is 18.5. The second-order valence-corrected chi connectivity index (χ2v) is 9.80. The predicted octanol–water partition coefficient (Wildman–Crippen LogP) is 4.99. The fraction of sp³-hybridized carbons (Fsp3) is 0.233. The normalized spacial score (nSPS) is 21.1. The Morgan fingerprint density at radius 2 is 1.66 bits per heavy atom. The molecule has 8 nitrogen and oxygen atoms in total. The number of nitrogens with zero attached hydrogens (tertiary/aromatic N) is 2. The molecule has 2 amide bonds. The number of piperazine rings is 1. The Morgan fingerprint density at radius 1 is 0.895 bits per heavy atom. The zero-order valence-corrected chi connectivity index (χ0v) is 20.6. The summed E-state index contributed by atoms with van der Waals surface area (Å²) < 4.78 is 5.47. The molecule has 2 saturated heterocycles. The molecule has 192 valence electrons. The molecule has 0 aromatic heterocycles. The third-order valence-electron chi connectivity index (χ3n) is 7.58. The fourth-order valence-corrected chi connectivity index (χ4v) is 5.81. The van der Waals surface area contributed by atoms with Gasteiger partial charge in [0.2, 0.25) is 0 Å². The van der Waals surface area contributed by atoms with Crippen LogP contribution in [0.25, 0.3) is 12.2 Å². The second kappa shape index (κ2) is 9.70. The van der Waals surface area contributed by atoms with E-state index >= 15 is 0 Å². The monoisotopic (exact) mass is 509 g/mol. The van der Waals surface area contributed by atoms with Crippen LogP contribution >= 0.6 is 0 Å². The zero-order valence-electron chi connectivity index (χ0n) is 20.6. The highest BCUT2D eigenvalue weighted by Crippen LogP contribution is 2.38. The van der Waals surface area contributed by atoms with Crippen molar-refractivity contribution in [2.45, 2.75) is 37.6 Å². The van der Waals surface area contributed by atoms with E-state index in [-0.39, 0.29) is 25.1 Å². The van der Waals surface area contributed by atoms with Crippen molar-refractivity contribution in [2.75, 3.05) is 11.9 Å². The number of para-hydroxylation sites is 1. The van der Waals surface area contributed by atoms with Crippen LogP contribution < -0.4 is 5.32 Å². The average Bonchev–Trinajstić information content (AvgIpc) is 3.11. The molecule has 3 heterocycles. The molecule has 2 bridgehead atoms. The maximum atomic E-state index is 14.0. The molecule has 0 unspecified atom stereocenters. The minimum Gasteiger partial charge on any atom is -0.480 e.